The summed E-state index contributed by atoms with van der Waals surface area (Å²) in [5.74, 6) is 1.04. The van der Waals surface area contributed by atoms with E-state index in [9.17, 15) is 4.79 Å². The number of carbonyl (C=O) groups is 1. The topological polar surface area (TPSA) is 58.6 Å². The molecule has 0 radical (unpaired) electrons. The Morgan fingerprint density at radius 2 is 1.68 bits per heavy atom. The lowest BCUT2D eigenvalue weighted by atomic mass is 10.1. The van der Waals surface area contributed by atoms with Crippen molar-refractivity contribution in [2.24, 2.45) is 0 Å². The first kappa shape index (κ1) is 22.1. The van der Waals surface area contributed by atoms with E-state index in [0.29, 0.717) is 19.5 Å². The minimum Gasteiger partial charge on any atom is -0.495 e. The fourth-order valence-electron chi connectivity index (χ4n) is 4.20. The van der Waals surface area contributed by atoms with Crippen LogP contribution in [-0.2, 0) is 11.2 Å². The van der Waals surface area contributed by atoms with Crippen LogP contribution in [-0.4, -0.2) is 54.1 Å². The lowest BCUT2D eigenvalue weighted by Crippen LogP contribution is -2.49. The van der Waals surface area contributed by atoms with Gasteiger partial charge in [-0.3, -0.25) is 9.78 Å². The summed E-state index contributed by atoms with van der Waals surface area (Å²) in [5.41, 5.74) is 5.17. The third kappa shape index (κ3) is 4.79. The van der Waals surface area contributed by atoms with Crippen molar-refractivity contribution in [3.8, 4) is 27.6 Å². The van der Waals surface area contributed by atoms with Crippen LogP contribution in [0.3, 0.4) is 0 Å². The minimum atomic E-state index is 0.168. The molecule has 0 unspecified atom stereocenters. The van der Waals surface area contributed by atoms with E-state index in [1.807, 2.05) is 59.5 Å². The maximum absolute atomic E-state index is 12.9. The van der Waals surface area contributed by atoms with Crippen molar-refractivity contribution < 1.29 is 9.53 Å². The van der Waals surface area contributed by atoms with Gasteiger partial charge in [0.05, 0.1) is 24.9 Å². The first-order valence-electron chi connectivity index (χ1n) is 11.3. The maximum Gasteiger partial charge on any atom is 0.227 e. The third-order valence-corrected chi connectivity index (χ3v) is 6.99. The van der Waals surface area contributed by atoms with Crippen LogP contribution in [0.15, 0.2) is 78.4 Å². The van der Waals surface area contributed by atoms with Gasteiger partial charge in [0.1, 0.15) is 10.8 Å². The normalized spacial score (nSPS) is 13.7. The number of ether oxygens (including phenoxy) is 1. The Bertz CT molecular complexity index is 1250. The fraction of sp³-hybridized carbons (Fsp3) is 0.222. The zero-order valence-electron chi connectivity index (χ0n) is 19.1. The van der Waals surface area contributed by atoms with Crippen molar-refractivity contribution in [2.45, 2.75) is 6.42 Å². The Kier molecular flexibility index (Phi) is 6.53. The molecule has 1 fully saturated rings. The van der Waals surface area contributed by atoms with Gasteiger partial charge in [-0.05, 0) is 29.8 Å². The molecule has 0 spiro atoms. The van der Waals surface area contributed by atoms with Crippen LogP contribution in [0.25, 0.3) is 21.8 Å². The summed E-state index contributed by atoms with van der Waals surface area (Å²) < 4.78 is 5.49. The van der Waals surface area contributed by atoms with E-state index in [1.54, 1.807) is 30.8 Å². The minimum absolute atomic E-state index is 0.168. The largest absolute Gasteiger partial charge is 0.495 e. The number of thiazole rings is 1. The first-order valence-corrected chi connectivity index (χ1v) is 12.2. The lowest BCUT2D eigenvalue weighted by molar-refractivity contribution is -0.130. The number of pyridine rings is 1. The molecule has 0 saturated carbocycles. The van der Waals surface area contributed by atoms with E-state index in [1.165, 1.54) is 0 Å². The van der Waals surface area contributed by atoms with Crippen LogP contribution >= 0.6 is 11.3 Å². The second-order valence-corrected chi connectivity index (χ2v) is 9.05. The fourth-order valence-corrected chi connectivity index (χ4v) is 5.04. The second kappa shape index (κ2) is 10.1. The SMILES string of the molecule is COc1ccccc1N1CCN(C(=O)Cc2ccc(-c3csc(-c4ccncc4)n3)cc2)CC1. The predicted molar refractivity (Wildman–Crippen MR) is 136 cm³/mol. The molecule has 0 N–H and O–H groups in total. The molecule has 34 heavy (non-hydrogen) atoms. The molecular weight excluding hydrogens is 444 g/mol. The van der Waals surface area contributed by atoms with Gasteiger partial charge in [0, 0.05) is 55.1 Å². The number of methoxy groups -OCH3 is 1. The number of carbonyl (C=O) groups excluding carboxylic acids is 1. The van der Waals surface area contributed by atoms with E-state index in [-0.39, 0.29) is 5.91 Å². The number of para-hydroxylation sites is 2. The van der Waals surface area contributed by atoms with Gasteiger partial charge in [0.25, 0.3) is 0 Å². The number of nitrogens with zero attached hydrogens (tertiary/aromatic N) is 4. The molecule has 0 bridgehead atoms. The van der Waals surface area contributed by atoms with Crippen LogP contribution in [0.2, 0.25) is 0 Å². The van der Waals surface area contributed by atoms with Crippen molar-refractivity contribution in [2.75, 3.05) is 38.2 Å². The zero-order valence-corrected chi connectivity index (χ0v) is 19.9. The van der Waals surface area contributed by atoms with Crippen molar-refractivity contribution in [3.05, 3.63) is 84.0 Å². The quantitative estimate of drug-likeness (QED) is 0.406. The molecule has 4 aromatic rings. The average Bonchev–Trinajstić information content (AvgIpc) is 3.40. The van der Waals surface area contributed by atoms with Crippen molar-refractivity contribution in [3.63, 3.8) is 0 Å². The molecule has 2 aromatic carbocycles. The highest BCUT2D eigenvalue weighted by Gasteiger charge is 2.23. The van der Waals surface area contributed by atoms with Crippen LogP contribution < -0.4 is 9.64 Å². The monoisotopic (exact) mass is 470 g/mol. The molecular formula is C27H26N4O2S. The van der Waals surface area contributed by atoms with E-state index >= 15 is 0 Å². The Hall–Kier alpha value is -3.71. The van der Waals surface area contributed by atoms with E-state index in [2.05, 4.69) is 21.3 Å². The van der Waals surface area contributed by atoms with Gasteiger partial charge in [-0.15, -0.1) is 11.3 Å². The van der Waals surface area contributed by atoms with Gasteiger partial charge in [-0.1, -0.05) is 36.4 Å². The third-order valence-electron chi connectivity index (χ3n) is 6.09. The maximum atomic E-state index is 12.9. The van der Waals surface area contributed by atoms with Crippen LogP contribution in [0.4, 0.5) is 5.69 Å². The van der Waals surface area contributed by atoms with Gasteiger partial charge in [-0.2, -0.15) is 0 Å². The first-order chi connectivity index (χ1) is 16.7. The van der Waals surface area contributed by atoms with Gasteiger partial charge in [0.2, 0.25) is 5.91 Å². The Morgan fingerprint density at radius 1 is 0.941 bits per heavy atom. The summed E-state index contributed by atoms with van der Waals surface area (Å²) in [6.45, 7) is 3.03. The number of hydrogen-bond acceptors (Lipinski definition) is 6. The summed E-state index contributed by atoms with van der Waals surface area (Å²) in [6, 6.07) is 20.1. The number of piperazine rings is 1. The molecule has 0 aliphatic carbocycles. The number of hydrogen-bond donors (Lipinski definition) is 0. The van der Waals surface area contributed by atoms with Gasteiger partial charge >= 0.3 is 0 Å². The summed E-state index contributed by atoms with van der Waals surface area (Å²) in [7, 11) is 1.69. The highest BCUT2D eigenvalue weighted by atomic mass is 32.1. The summed E-state index contributed by atoms with van der Waals surface area (Å²) in [5, 5.41) is 3.04. The standard InChI is InChI=1S/C27H26N4O2S/c1-33-25-5-3-2-4-24(25)30-14-16-31(17-15-30)26(32)18-20-6-8-21(9-7-20)23-19-34-27(29-23)22-10-12-28-13-11-22/h2-13,19H,14-18H2,1H3. The van der Waals surface area contributed by atoms with Gasteiger partial charge < -0.3 is 14.5 Å². The number of aromatic nitrogens is 2. The highest BCUT2D eigenvalue weighted by Crippen LogP contribution is 2.30. The molecule has 7 heteroatoms. The lowest BCUT2D eigenvalue weighted by Gasteiger charge is -2.36. The predicted octanol–water partition coefficient (Wildman–Crippen LogP) is 4.77. The molecule has 1 saturated heterocycles. The molecule has 0 atom stereocenters. The van der Waals surface area contributed by atoms with Gasteiger partial charge in [0.15, 0.2) is 0 Å². The number of anilines is 1. The van der Waals surface area contributed by atoms with Crippen LogP contribution in [0, 0.1) is 0 Å². The van der Waals surface area contributed by atoms with Crippen molar-refractivity contribution >= 4 is 22.9 Å². The summed E-state index contributed by atoms with van der Waals surface area (Å²) >= 11 is 1.62. The number of rotatable bonds is 6. The second-order valence-electron chi connectivity index (χ2n) is 8.19. The molecule has 2 aromatic heterocycles. The summed E-state index contributed by atoms with van der Waals surface area (Å²) in [6.07, 6.45) is 3.97. The molecule has 3 heterocycles. The Balaban J connectivity index is 1.18. The molecule has 1 aliphatic rings. The van der Waals surface area contributed by atoms with E-state index < -0.39 is 0 Å². The molecule has 5 rings (SSSR count). The number of benzene rings is 2. The molecule has 6 nitrogen and oxygen atoms in total. The van der Waals surface area contributed by atoms with Crippen molar-refractivity contribution in [1.29, 1.82) is 0 Å². The highest BCUT2D eigenvalue weighted by molar-refractivity contribution is 7.13. The number of amides is 1. The molecule has 1 amide bonds. The van der Waals surface area contributed by atoms with Crippen LogP contribution in [0.1, 0.15) is 5.56 Å². The zero-order chi connectivity index (χ0) is 23.3. The molecule has 1 aliphatic heterocycles. The average molecular weight is 471 g/mol. The Morgan fingerprint density at radius 3 is 2.41 bits per heavy atom. The Labute approximate surface area is 203 Å². The van der Waals surface area contributed by atoms with E-state index in [0.717, 1.165) is 51.9 Å². The van der Waals surface area contributed by atoms with Gasteiger partial charge in [-0.25, -0.2) is 4.98 Å². The smallest absolute Gasteiger partial charge is 0.227 e. The van der Waals surface area contributed by atoms with E-state index in [4.69, 9.17) is 9.72 Å². The molecule has 172 valence electrons. The van der Waals surface area contributed by atoms with Crippen LogP contribution in [0.5, 0.6) is 5.75 Å². The van der Waals surface area contributed by atoms with Crippen molar-refractivity contribution in [1.82, 2.24) is 14.9 Å². The summed E-state index contributed by atoms with van der Waals surface area (Å²) in [4.78, 5) is 26.0.